The van der Waals surface area contributed by atoms with Crippen LogP contribution in [0.4, 0.5) is 0 Å². The zero-order chi connectivity index (χ0) is 4.83. The van der Waals surface area contributed by atoms with Crippen LogP contribution in [0.2, 0.25) is 4.44 Å². The van der Waals surface area contributed by atoms with Crippen molar-refractivity contribution in [2.45, 2.75) is 11.4 Å². The van der Waals surface area contributed by atoms with Crippen LogP contribution in [-0.2, 0) is 4.74 Å². The summed E-state index contributed by atoms with van der Waals surface area (Å²) in [7, 11) is 0. The van der Waals surface area contributed by atoms with Crippen LogP contribution in [-0.4, -0.2) is 35.7 Å². The van der Waals surface area contributed by atoms with E-state index in [-0.39, 0.29) is 0 Å². The average Bonchev–Trinajstić information content (AvgIpc) is 1.61. The van der Waals surface area contributed by atoms with Crippen molar-refractivity contribution in [2.24, 2.45) is 0 Å². The molecule has 2 heteroatoms. The number of ether oxygens (including phenoxy) is 1. The van der Waals surface area contributed by atoms with E-state index >= 15 is 0 Å². The van der Waals surface area contributed by atoms with Crippen LogP contribution in [0.15, 0.2) is 0 Å². The van der Waals surface area contributed by atoms with Crippen LogP contribution in [0.1, 0.15) is 6.92 Å². The predicted octanol–water partition coefficient (Wildman–Crippen LogP) is 0.0743. The molecule has 0 aromatic carbocycles. The second-order valence-corrected chi connectivity index (χ2v) is 3.07. The van der Waals surface area contributed by atoms with Crippen molar-refractivity contribution >= 4 is 22.5 Å². The standard InChI is InChI=1S/C4H9O.Sn.2H/c1-3-5-4-2;;;/h1,3-4H2,2H3;;;. The molecule has 0 atom stereocenters. The van der Waals surface area contributed by atoms with Crippen LogP contribution in [0.25, 0.3) is 0 Å². The molecule has 0 rings (SSSR count). The van der Waals surface area contributed by atoms with Crippen LogP contribution in [0.5, 0.6) is 0 Å². The molecular formula is C4H11OSn. The predicted molar refractivity (Wildman–Crippen MR) is 29.8 cm³/mol. The first-order valence-electron chi connectivity index (χ1n) is 2.28. The van der Waals surface area contributed by atoms with Crippen molar-refractivity contribution in [3.05, 3.63) is 0 Å². The molecule has 37 valence electrons. The van der Waals surface area contributed by atoms with Crippen molar-refractivity contribution < 1.29 is 4.74 Å². The summed E-state index contributed by atoms with van der Waals surface area (Å²) in [6.07, 6.45) is 0. The molecule has 0 bridgehead atoms. The Morgan fingerprint density at radius 2 is 2.33 bits per heavy atom. The number of rotatable bonds is 3. The van der Waals surface area contributed by atoms with E-state index in [4.69, 9.17) is 4.74 Å². The molecule has 1 radical (unpaired) electrons. The Balaban J connectivity index is 2.34. The van der Waals surface area contributed by atoms with Gasteiger partial charge in [0, 0.05) is 0 Å². The molecule has 0 saturated heterocycles. The SMILES string of the molecule is CCOC[CH2][SnH2]. The number of hydrogen-bond acceptors (Lipinski definition) is 1. The second kappa shape index (κ2) is 5.76. The Hall–Kier alpha value is 0.759. The van der Waals surface area contributed by atoms with E-state index < -0.39 is 0 Å². The van der Waals surface area contributed by atoms with E-state index in [1.54, 1.807) is 0 Å². The van der Waals surface area contributed by atoms with Crippen molar-refractivity contribution in [3.63, 3.8) is 0 Å². The Bertz CT molecular complexity index is 19.5. The monoisotopic (exact) mass is 195 g/mol. The molecule has 0 aliphatic rings. The van der Waals surface area contributed by atoms with Crippen molar-refractivity contribution in [3.8, 4) is 0 Å². The van der Waals surface area contributed by atoms with Crippen LogP contribution in [0, 0.1) is 0 Å². The van der Waals surface area contributed by atoms with Gasteiger partial charge in [-0.15, -0.1) is 0 Å². The molecule has 0 heterocycles. The second-order valence-electron chi connectivity index (χ2n) is 1.05. The Labute approximate surface area is 52.2 Å². The van der Waals surface area contributed by atoms with Crippen molar-refractivity contribution in [2.75, 3.05) is 13.2 Å². The zero-order valence-electron chi connectivity index (χ0n) is 4.24. The van der Waals surface area contributed by atoms with Crippen molar-refractivity contribution in [1.29, 1.82) is 0 Å². The fourth-order valence-corrected chi connectivity index (χ4v) is 0.829. The Morgan fingerprint density at radius 1 is 1.67 bits per heavy atom. The minimum atomic E-state index is 0.882. The summed E-state index contributed by atoms with van der Waals surface area (Å²) in [5.41, 5.74) is 0. The van der Waals surface area contributed by atoms with Gasteiger partial charge in [-0.25, -0.2) is 0 Å². The van der Waals surface area contributed by atoms with E-state index in [1.807, 2.05) is 6.92 Å². The fourth-order valence-electron chi connectivity index (χ4n) is 0.246. The minimum absolute atomic E-state index is 0.882. The van der Waals surface area contributed by atoms with Crippen molar-refractivity contribution in [1.82, 2.24) is 0 Å². The fraction of sp³-hybridized carbons (Fsp3) is 1.00. The molecule has 0 saturated carbocycles. The molecule has 1 nitrogen and oxygen atoms in total. The summed E-state index contributed by atoms with van der Waals surface area (Å²) in [6.45, 7) is 3.90. The molecule has 0 aliphatic carbocycles. The molecular weight excluding hydrogens is 183 g/mol. The molecule has 0 aliphatic heterocycles. The third-order valence-electron chi connectivity index (χ3n) is 0.493. The van der Waals surface area contributed by atoms with Gasteiger partial charge >= 0.3 is 51.8 Å². The van der Waals surface area contributed by atoms with Crippen LogP contribution >= 0.6 is 0 Å². The molecule has 0 spiro atoms. The van der Waals surface area contributed by atoms with Gasteiger partial charge in [-0.3, -0.25) is 0 Å². The molecule has 0 N–H and O–H groups in total. The molecule has 0 aromatic rings. The van der Waals surface area contributed by atoms with Crippen LogP contribution in [0.3, 0.4) is 0 Å². The summed E-state index contributed by atoms with van der Waals surface area (Å²) in [6, 6.07) is 0. The van der Waals surface area contributed by atoms with E-state index in [0.717, 1.165) is 35.7 Å². The molecule has 0 amide bonds. The first-order valence-corrected chi connectivity index (χ1v) is 5.14. The summed E-state index contributed by atoms with van der Waals surface area (Å²) in [5, 5.41) is 0. The van der Waals surface area contributed by atoms with E-state index in [0.29, 0.717) is 0 Å². The first kappa shape index (κ1) is 6.76. The van der Waals surface area contributed by atoms with Crippen LogP contribution < -0.4 is 0 Å². The molecule has 0 fully saturated rings. The third kappa shape index (κ3) is 4.76. The maximum absolute atomic E-state index is 5.03. The van der Waals surface area contributed by atoms with Gasteiger partial charge in [0.1, 0.15) is 0 Å². The average molecular weight is 194 g/mol. The van der Waals surface area contributed by atoms with Gasteiger partial charge in [0.25, 0.3) is 0 Å². The zero-order valence-corrected chi connectivity index (χ0v) is 8.27. The maximum atomic E-state index is 5.03. The van der Waals surface area contributed by atoms with E-state index in [1.165, 1.54) is 4.44 Å². The normalized spacial score (nSPS) is 9.00. The van der Waals surface area contributed by atoms with Gasteiger partial charge in [-0.1, -0.05) is 0 Å². The van der Waals surface area contributed by atoms with Gasteiger partial charge in [-0.2, -0.15) is 0 Å². The van der Waals surface area contributed by atoms with E-state index in [2.05, 4.69) is 0 Å². The quantitative estimate of drug-likeness (QED) is 0.456. The summed E-state index contributed by atoms with van der Waals surface area (Å²) >= 11 is 1.09. The van der Waals surface area contributed by atoms with Gasteiger partial charge in [0.2, 0.25) is 0 Å². The molecule has 0 unspecified atom stereocenters. The summed E-state index contributed by atoms with van der Waals surface area (Å²) < 4.78 is 6.33. The summed E-state index contributed by atoms with van der Waals surface area (Å²) in [4.78, 5) is 0. The topological polar surface area (TPSA) is 9.23 Å². The van der Waals surface area contributed by atoms with Gasteiger partial charge in [-0.05, 0) is 0 Å². The summed E-state index contributed by atoms with van der Waals surface area (Å²) in [5.74, 6) is 0. The number of hydrogen-bond donors (Lipinski definition) is 0. The van der Waals surface area contributed by atoms with Gasteiger partial charge in [0.15, 0.2) is 0 Å². The van der Waals surface area contributed by atoms with E-state index in [9.17, 15) is 0 Å². The molecule has 0 aromatic heterocycles. The Kier molecular flexibility index (Phi) is 6.49. The Morgan fingerprint density at radius 3 is 2.50 bits per heavy atom. The third-order valence-corrected chi connectivity index (χ3v) is 1.32. The van der Waals surface area contributed by atoms with Gasteiger partial charge < -0.3 is 0 Å². The first-order chi connectivity index (χ1) is 2.91. The van der Waals surface area contributed by atoms with Gasteiger partial charge in [0.05, 0.1) is 0 Å². The molecule has 6 heavy (non-hydrogen) atoms.